The molecule has 0 bridgehead atoms. The second-order valence-corrected chi connectivity index (χ2v) is 5.90. The number of para-hydroxylation sites is 1. The standard InChI is InChI=1S/C16H23N3O2/c1-10(2)21-14-9-5-7-12-15(14)18-16(17)19(12)11-6-4-8-13(11)20-3/h5,7,9-11,13H,4,6,8H2,1-3H3,(H2,17,18). The predicted molar refractivity (Wildman–Crippen MR) is 83.6 cm³/mol. The molecular formula is C16H23N3O2. The van der Waals surface area contributed by atoms with E-state index in [0.29, 0.717) is 5.95 Å². The molecule has 0 radical (unpaired) electrons. The summed E-state index contributed by atoms with van der Waals surface area (Å²) in [6.45, 7) is 4.02. The van der Waals surface area contributed by atoms with Crippen molar-refractivity contribution in [2.45, 2.75) is 51.4 Å². The van der Waals surface area contributed by atoms with Gasteiger partial charge in [0.25, 0.3) is 0 Å². The number of rotatable bonds is 4. The Labute approximate surface area is 125 Å². The van der Waals surface area contributed by atoms with E-state index in [-0.39, 0.29) is 18.2 Å². The van der Waals surface area contributed by atoms with Crippen LogP contribution < -0.4 is 10.5 Å². The molecular weight excluding hydrogens is 266 g/mol. The van der Waals surface area contributed by atoms with Gasteiger partial charge >= 0.3 is 0 Å². The van der Waals surface area contributed by atoms with Crippen LogP contribution in [0.4, 0.5) is 5.95 Å². The lowest BCUT2D eigenvalue weighted by atomic mass is 10.2. The van der Waals surface area contributed by atoms with Crippen LogP contribution in [0.2, 0.25) is 0 Å². The summed E-state index contributed by atoms with van der Waals surface area (Å²) in [7, 11) is 1.77. The molecule has 2 atom stereocenters. The van der Waals surface area contributed by atoms with Gasteiger partial charge in [-0.2, -0.15) is 0 Å². The Hall–Kier alpha value is -1.75. The first-order chi connectivity index (χ1) is 10.1. The Bertz CT molecular complexity index is 636. The first-order valence-corrected chi connectivity index (χ1v) is 7.57. The topological polar surface area (TPSA) is 62.3 Å². The van der Waals surface area contributed by atoms with E-state index in [4.69, 9.17) is 15.2 Å². The lowest BCUT2D eigenvalue weighted by molar-refractivity contribution is 0.0768. The molecule has 2 N–H and O–H groups in total. The molecule has 1 aliphatic rings. The molecule has 0 amide bonds. The van der Waals surface area contributed by atoms with Crippen LogP contribution in [0.3, 0.4) is 0 Å². The number of nitrogens with two attached hydrogens (primary N) is 1. The first kappa shape index (κ1) is 14.2. The highest BCUT2D eigenvalue weighted by Gasteiger charge is 2.31. The fourth-order valence-corrected chi connectivity index (χ4v) is 3.28. The van der Waals surface area contributed by atoms with Gasteiger partial charge in [0.05, 0.1) is 23.8 Å². The van der Waals surface area contributed by atoms with E-state index < -0.39 is 0 Å². The average Bonchev–Trinajstić information content (AvgIpc) is 3.01. The summed E-state index contributed by atoms with van der Waals surface area (Å²) >= 11 is 0. The van der Waals surface area contributed by atoms with Crippen molar-refractivity contribution in [1.29, 1.82) is 0 Å². The maximum Gasteiger partial charge on any atom is 0.201 e. The molecule has 0 saturated heterocycles. The van der Waals surface area contributed by atoms with Crippen molar-refractivity contribution in [3.63, 3.8) is 0 Å². The number of benzene rings is 1. The van der Waals surface area contributed by atoms with Crippen molar-refractivity contribution in [3.8, 4) is 5.75 Å². The van der Waals surface area contributed by atoms with Crippen LogP contribution in [-0.4, -0.2) is 28.9 Å². The van der Waals surface area contributed by atoms with Crippen LogP contribution in [-0.2, 0) is 4.74 Å². The van der Waals surface area contributed by atoms with Gasteiger partial charge in [-0.1, -0.05) is 6.07 Å². The molecule has 5 nitrogen and oxygen atoms in total. The number of methoxy groups -OCH3 is 1. The van der Waals surface area contributed by atoms with Crippen LogP contribution in [0.1, 0.15) is 39.2 Å². The Kier molecular flexibility index (Phi) is 3.76. The third kappa shape index (κ3) is 2.46. The second-order valence-electron chi connectivity index (χ2n) is 5.90. The maximum atomic E-state index is 6.19. The number of aromatic nitrogens is 2. The molecule has 114 valence electrons. The summed E-state index contributed by atoms with van der Waals surface area (Å²) < 4.78 is 13.6. The minimum Gasteiger partial charge on any atom is -0.489 e. The molecule has 0 spiro atoms. The SMILES string of the molecule is COC1CCCC1n1c(N)nc2c(OC(C)C)cccc21. The molecule has 21 heavy (non-hydrogen) atoms. The maximum absolute atomic E-state index is 6.19. The van der Waals surface area contributed by atoms with Crippen LogP contribution >= 0.6 is 0 Å². The van der Waals surface area contributed by atoms with Crippen LogP contribution in [0.15, 0.2) is 18.2 Å². The lowest BCUT2D eigenvalue weighted by Gasteiger charge is -2.21. The minimum absolute atomic E-state index is 0.111. The van der Waals surface area contributed by atoms with Gasteiger partial charge in [-0.05, 0) is 45.2 Å². The zero-order chi connectivity index (χ0) is 15.0. The van der Waals surface area contributed by atoms with Crippen LogP contribution in [0.5, 0.6) is 5.75 Å². The largest absolute Gasteiger partial charge is 0.489 e. The number of fused-ring (bicyclic) bond motifs is 1. The van der Waals surface area contributed by atoms with Crippen molar-refractivity contribution in [2.24, 2.45) is 0 Å². The number of ether oxygens (including phenoxy) is 2. The van der Waals surface area contributed by atoms with E-state index in [1.807, 2.05) is 26.0 Å². The zero-order valence-corrected chi connectivity index (χ0v) is 12.9. The molecule has 1 aromatic heterocycles. The molecule has 1 aliphatic carbocycles. The van der Waals surface area contributed by atoms with Crippen molar-refractivity contribution in [2.75, 3.05) is 12.8 Å². The Morgan fingerprint density at radius 1 is 1.33 bits per heavy atom. The molecule has 0 aliphatic heterocycles. The monoisotopic (exact) mass is 289 g/mol. The fourth-order valence-electron chi connectivity index (χ4n) is 3.28. The number of anilines is 1. The van der Waals surface area contributed by atoms with E-state index in [9.17, 15) is 0 Å². The Balaban J connectivity index is 2.09. The highest BCUT2D eigenvalue weighted by atomic mass is 16.5. The first-order valence-electron chi connectivity index (χ1n) is 7.57. The third-order valence-electron chi connectivity index (χ3n) is 4.13. The molecule has 2 unspecified atom stereocenters. The van der Waals surface area contributed by atoms with E-state index in [1.54, 1.807) is 7.11 Å². The van der Waals surface area contributed by atoms with E-state index in [2.05, 4.69) is 15.6 Å². The smallest absolute Gasteiger partial charge is 0.201 e. The van der Waals surface area contributed by atoms with E-state index >= 15 is 0 Å². The predicted octanol–water partition coefficient (Wildman–Crippen LogP) is 3.15. The van der Waals surface area contributed by atoms with Crippen LogP contribution in [0, 0.1) is 0 Å². The molecule has 3 rings (SSSR count). The highest BCUT2D eigenvalue weighted by Crippen LogP contribution is 2.38. The molecule has 5 heteroatoms. The highest BCUT2D eigenvalue weighted by molar-refractivity contribution is 5.84. The minimum atomic E-state index is 0.111. The summed E-state index contributed by atoms with van der Waals surface area (Å²) in [6.07, 6.45) is 3.62. The summed E-state index contributed by atoms with van der Waals surface area (Å²) in [5, 5.41) is 0. The number of hydrogen-bond acceptors (Lipinski definition) is 4. The third-order valence-corrected chi connectivity index (χ3v) is 4.13. The van der Waals surface area contributed by atoms with Gasteiger partial charge in [0.1, 0.15) is 11.3 Å². The fraction of sp³-hybridized carbons (Fsp3) is 0.562. The molecule has 1 aromatic carbocycles. The van der Waals surface area contributed by atoms with Gasteiger partial charge < -0.3 is 19.8 Å². The number of hydrogen-bond donors (Lipinski definition) is 1. The molecule has 1 fully saturated rings. The summed E-state index contributed by atoms with van der Waals surface area (Å²) in [5.41, 5.74) is 8.06. The normalized spacial score (nSPS) is 22.3. The van der Waals surface area contributed by atoms with Crippen molar-refractivity contribution in [3.05, 3.63) is 18.2 Å². The van der Waals surface area contributed by atoms with Crippen molar-refractivity contribution < 1.29 is 9.47 Å². The number of nitrogens with zero attached hydrogens (tertiary/aromatic N) is 2. The van der Waals surface area contributed by atoms with Gasteiger partial charge in [0.2, 0.25) is 5.95 Å². The van der Waals surface area contributed by atoms with Gasteiger partial charge in [-0.15, -0.1) is 0 Å². The van der Waals surface area contributed by atoms with Crippen LogP contribution in [0.25, 0.3) is 11.0 Å². The summed E-state index contributed by atoms with van der Waals surface area (Å²) in [5.74, 6) is 1.33. The molecule has 1 heterocycles. The zero-order valence-electron chi connectivity index (χ0n) is 12.9. The molecule has 2 aromatic rings. The van der Waals surface area contributed by atoms with Crippen molar-refractivity contribution >= 4 is 17.0 Å². The second kappa shape index (κ2) is 5.56. The van der Waals surface area contributed by atoms with E-state index in [0.717, 1.165) is 36.0 Å². The van der Waals surface area contributed by atoms with Gasteiger partial charge in [0.15, 0.2) is 0 Å². The summed E-state index contributed by atoms with van der Waals surface area (Å²) in [4.78, 5) is 4.54. The molecule has 1 saturated carbocycles. The number of imidazole rings is 1. The average molecular weight is 289 g/mol. The summed E-state index contributed by atoms with van der Waals surface area (Å²) in [6, 6.07) is 6.25. The van der Waals surface area contributed by atoms with Crippen molar-refractivity contribution in [1.82, 2.24) is 9.55 Å². The van der Waals surface area contributed by atoms with E-state index in [1.165, 1.54) is 0 Å². The van der Waals surface area contributed by atoms with Gasteiger partial charge in [-0.3, -0.25) is 0 Å². The van der Waals surface area contributed by atoms with Gasteiger partial charge in [0, 0.05) is 7.11 Å². The number of nitrogen functional groups attached to an aromatic ring is 1. The Morgan fingerprint density at radius 3 is 2.86 bits per heavy atom. The van der Waals surface area contributed by atoms with Gasteiger partial charge in [-0.25, -0.2) is 4.98 Å². The quantitative estimate of drug-likeness (QED) is 0.939. The lowest BCUT2D eigenvalue weighted by Crippen LogP contribution is -2.21. The Morgan fingerprint density at radius 2 is 2.14 bits per heavy atom.